The number of aromatic nitrogens is 2. The number of methoxy groups -OCH3 is 1. The van der Waals surface area contributed by atoms with Crippen molar-refractivity contribution in [1.82, 2.24) is 10.2 Å². The number of nitrogens with zero attached hydrogens (tertiary/aromatic N) is 2. The molecule has 3 aliphatic rings. The third kappa shape index (κ3) is 3.91. The summed E-state index contributed by atoms with van der Waals surface area (Å²) >= 11 is 1.10. The molecule has 4 heterocycles. The molecule has 0 unspecified atom stereocenters. The Morgan fingerprint density at radius 1 is 1.37 bits per heavy atom. The number of nitrogens with one attached hydrogen (secondary N) is 4. The van der Waals surface area contributed by atoms with Gasteiger partial charge in [0.2, 0.25) is 16.0 Å². The summed E-state index contributed by atoms with van der Waals surface area (Å²) in [7, 11) is 1.37. The van der Waals surface area contributed by atoms with Crippen LogP contribution < -0.4 is 26.3 Å². The summed E-state index contributed by atoms with van der Waals surface area (Å²) in [5, 5.41) is 24.3. The molecule has 30 heavy (non-hydrogen) atoms. The van der Waals surface area contributed by atoms with Crippen molar-refractivity contribution in [3.05, 3.63) is 34.0 Å². The lowest BCUT2D eigenvalue weighted by atomic mass is 9.78. The van der Waals surface area contributed by atoms with E-state index in [9.17, 15) is 9.59 Å². The number of hydrogen-bond acceptors (Lipinski definition) is 11. The maximum atomic E-state index is 12.6. The number of allylic oxidation sites excluding steroid dienone is 2. The van der Waals surface area contributed by atoms with Crippen molar-refractivity contribution in [1.29, 1.82) is 5.41 Å². The van der Waals surface area contributed by atoms with Crippen LogP contribution in [-0.2, 0) is 4.74 Å². The van der Waals surface area contributed by atoms with Crippen LogP contribution >= 0.6 is 11.3 Å². The minimum Gasteiger partial charge on any atom is -0.488 e. The highest BCUT2D eigenvalue weighted by atomic mass is 32.1. The second kappa shape index (κ2) is 7.88. The molecule has 0 aromatic carbocycles. The van der Waals surface area contributed by atoms with E-state index in [2.05, 4.69) is 26.1 Å². The summed E-state index contributed by atoms with van der Waals surface area (Å²) in [4.78, 5) is 24.9. The van der Waals surface area contributed by atoms with Crippen molar-refractivity contribution in [3.8, 4) is 5.75 Å². The molecule has 1 amide bonds. The summed E-state index contributed by atoms with van der Waals surface area (Å²) in [5.74, 6) is -0.815. The van der Waals surface area contributed by atoms with Gasteiger partial charge in [-0.3, -0.25) is 10.1 Å². The molecule has 1 aliphatic carbocycles. The molecule has 2 aromatic rings. The van der Waals surface area contributed by atoms with Gasteiger partial charge in [-0.15, -0.1) is 10.2 Å². The average Bonchev–Trinajstić information content (AvgIpc) is 3.38. The third-order valence-corrected chi connectivity index (χ3v) is 5.61. The van der Waals surface area contributed by atoms with Crippen LogP contribution in [0.2, 0.25) is 0 Å². The first-order chi connectivity index (χ1) is 14.4. The second-order valence-corrected chi connectivity index (χ2v) is 8.08. The topological polar surface area (TPSA) is 151 Å². The third-order valence-electron chi connectivity index (χ3n) is 4.85. The first-order valence-corrected chi connectivity index (χ1v) is 9.94. The molecule has 4 N–H and O–H groups in total. The monoisotopic (exact) mass is 432 g/mol. The van der Waals surface area contributed by atoms with E-state index in [1.54, 1.807) is 13.0 Å². The SMILES string of the molecule is COc1c(NC23COC(C2)C3)cc(C(=O)Nc2nnc(N/C(C)=C\C=N)s2)oc1=O. The molecular formula is C18H20N6O5S. The van der Waals surface area contributed by atoms with E-state index in [0.717, 1.165) is 30.4 Å². The summed E-state index contributed by atoms with van der Waals surface area (Å²) in [6.45, 7) is 2.30. The van der Waals surface area contributed by atoms with Crippen molar-refractivity contribution in [2.75, 3.05) is 29.7 Å². The lowest BCUT2D eigenvalue weighted by Crippen LogP contribution is -2.47. The molecule has 5 rings (SSSR count). The molecule has 2 aromatic heterocycles. The Labute approximate surface area is 175 Å². The van der Waals surface area contributed by atoms with Crippen molar-refractivity contribution in [2.45, 2.75) is 31.4 Å². The maximum Gasteiger partial charge on any atom is 0.381 e. The van der Waals surface area contributed by atoms with Crippen LogP contribution in [0.1, 0.15) is 30.3 Å². The molecule has 0 radical (unpaired) electrons. The van der Waals surface area contributed by atoms with Crippen molar-refractivity contribution >= 4 is 39.4 Å². The summed E-state index contributed by atoms with van der Waals surface area (Å²) < 4.78 is 15.9. The van der Waals surface area contributed by atoms with E-state index in [1.165, 1.54) is 13.2 Å². The van der Waals surface area contributed by atoms with Crippen LogP contribution in [0, 0.1) is 5.41 Å². The Bertz CT molecular complexity index is 1070. The zero-order valence-corrected chi connectivity index (χ0v) is 17.1. The van der Waals surface area contributed by atoms with Crippen molar-refractivity contribution in [2.24, 2.45) is 0 Å². The lowest BCUT2D eigenvalue weighted by molar-refractivity contribution is 0.0991. The molecule has 12 heteroatoms. The predicted molar refractivity (Wildman–Crippen MR) is 111 cm³/mol. The van der Waals surface area contributed by atoms with Crippen LogP contribution in [0.4, 0.5) is 16.0 Å². The Morgan fingerprint density at radius 2 is 2.10 bits per heavy atom. The zero-order valence-electron chi connectivity index (χ0n) is 16.3. The predicted octanol–water partition coefficient (Wildman–Crippen LogP) is 2.06. The smallest absolute Gasteiger partial charge is 0.381 e. The molecule has 2 bridgehead atoms. The number of hydrogen-bond donors (Lipinski definition) is 4. The Morgan fingerprint density at radius 3 is 2.73 bits per heavy atom. The largest absolute Gasteiger partial charge is 0.488 e. The van der Waals surface area contributed by atoms with Crippen molar-refractivity contribution in [3.63, 3.8) is 0 Å². The second-order valence-electron chi connectivity index (χ2n) is 7.10. The fourth-order valence-electron chi connectivity index (χ4n) is 3.45. The van der Waals surface area contributed by atoms with Gasteiger partial charge in [0.1, 0.15) is 0 Å². The van der Waals surface area contributed by atoms with E-state index in [0.29, 0.717) is 23.1 Å². The van der Waals surface area contributed by atoms with Gasteiger partial charge in [0.05, 0.1) is 31.0 Å². The number of amides is 1. The average molecular weight is 432 g/mol. The van der Waals surface area contributed by atoms with Gasteiger partial charge in [0.25, 0.3) is 5.91 Å². The number of carbonyl (C=O) groups is 1. The quantitative estimate of drug-likeness (QED) is 0.459. The number of rotatable bonds is 8. The Kier molecular flexibility index (Phi) is 5.26. The van der Waals surface area contributed by atoms with Crippen LogP contribution in [0.5, 0.6) is 5.75 Å². The van der Waals surface area contributed by atoms with Gasteiger partial charge >= 0.3 is 5.63 Å². The summed E-state index contributed by atoms with van der Waals surface area (Å²) in [6, 6.07) is 1.44. The highest BCUT2D eigenvalue weighted by Gasteiger charge is 2.52. The molecule has 3 fully saturated rings. The number of fused-ring (bicyclic) bond motifs is 1. The molecule has 0 atom stereocenters. The Hall–Kier alpha value is -3.25. The molecule has 1 saturated carbocycles. The minimum absolute atomic E-state index is 0.00661. The van der Waals surface area contributed by atoms with Crippen molar-refractivity contribution < 1.29 is 18.7 Å². The number of carbonyl (C=O) groups excluding carboxylic acids is 1. The highest BCUT2D eigenvalue weighted by molar-refractivity contribution is 7.19. The zero-order chi connectivity index (χ0) is 21.3. The van der Waals surface area contributed by atoms with E-state index in [-0.39, 0.29) is 28.3 Å². The van der Waals surface area contributed by atoms with E-state index in [1.807, 2.05) is 0 Å². The molecule has 11 nitrogen and oxygen atoms in total. The lowest BCUT2D eigenvalue weighted by Gasteiger charge is -2.37. The van der Waals surface area contributed by atoms with E-state index in [4.69, 9.17) is 19.3 Å². The van der Waals surface area contributed by atoms with Gasteiger partial charge in [0.15, 0.2) is 5.76 Å². The Balaban J connectivity index is 1.51. The summed E-state index contributed by atoms with van der Waals surface area (Å²) in [5.41, 5.74) is 0.0753. The molecule has 2 saturated heterocycles. The first kappa shape index (κ1) is 20.0. The fraction of sp³-hybridized carbons (Fsp3) is 0.389. The fourth-order valence-corrected chi connectivity index (χ4v) is 4.15. The normalized spacial score (nSPS) is 22.2. The molecule has 2 aliphatic heterocycles. The van der Waals surface area contributed by atoms with Gasteiger partial charge < -0.3 is 29.9 Å². The standard InChI is InChI=1S/C18H20N6O5S/c1-9(3-4-19)20-16-23-24-17(30-16)21-14(25)12-5-11(13(27-2)15(26)29-12)22-18-6-10(7-18)28-8-18/h3-5,10,19,22H,6-8H2,1-2H3,(H,20,23)(H,21,24,25)/b9-3-,19-4?. The molecule has 158 valence electrons. The van der Waals surface area contributed by atoms with E-state index < -0.39 is 11.5 Å². The minimum atomic E-state index is -0.758. The van der Waals surface area contributed by atoms with Gasteiger partial charge in [-0.05, 0) is 25.8 Å². The van der Waals surface area contributed by atoms with Crippen LogP contribution in [0.25, 0.3) is 0 Å². The van der Waals surface area contributed by atoms with Gasteiger partial charge in [-0.1, -0.05) is 11.3 Å². The van der Waals surface area contributed by atoms with Crippen LogP contribution in [0.15, 0.2) is 27.1 Å². The van der Waals surface area contributed by atoms with E-state index >= 15 is 0 Å². The highest BCUT2D eigenvalue weighted by Crippen LogP contribution is 2.45. The van der Waals surface area contributed by atoms with Crippen LogP contribution in [-0.4, -0.2) is 47.7 Å². The number of anilines is 3. The number of ether oxygens (including phenoxy) is 2. The maximum absolute atomic E-state index is 12.6. The van der Waals surface area contributed by atoms with Gasteiger partial charge in [0, 0.05) is 18.0 Å². The van der Waals surface area contributed by atoms with Gasteiger partial charge in [-0.2, -0.15) is 0 Å². The van der Waals surface area contributed by atoms with Crippen LogP contribution in [0.3, 0.4) is 0 Å². The molecule has 0 spiro atoms. The van der Waals surface area contributed by atoms with Gasteiger partial charge in [-0.25, -0.2) is 4.79 Å². The molecular weight excluding hydrogens is 412 g/mol. The first-order valence-electron chi connectivity index (χ1n) is 9.12. The summed E-state index contributed by atoms with van der Waals surface area (Å²) in [6.07, 6.45) is 4.61.